The van der Waals surface area contributed by atoms with Gasteiger partial charge in [-0.05, 0) is 64.2 Å². The van der Waals surface area contributed by atoms with E-state index in [0.29, 0.717) is 12.8 Å². The van der Waals surface area contributed by atoms with Crippen LogP contribution in [0.3, 0.4) is 0 Å². The molecule has 0 N–H and O–H groups in total. The predicted molar refractivity (Wildman–Crippen MR) is 277 cm³/mol. The van der Waals surface area contributed by atoms with Crippen molar-refractivity contribution in [3.8, 4) is 0 Å². The van der Waals surface area contributed by atoms with Gasteiger partial charge in [0.1, 0.15) is 12.6 Å². The molecule has 0 aromatic rings. The second-order valence-electron chi connectivity index (χ2n) is 20.2. The number of quaternary nitrogens is 1. The number of hydrogen-bond donors (Lipinski definition) is 0. The Labute approximate surface area is 408 Å². The average Bonchev–Trinajstić information content (AvgIpc) is 3.28. The molecule has 66 heavy (non-hydrogen) atoms. The zero-order valence-electron chi connectivity index (χ0n) is 44.1. The van der Waals surface area contributed by atoms with Crippen LogP contribution in [0.4, 0.5) is 0 Å². The summed E-state index contributed by atoms with van der Waals surface area (Å²) in [6.45, 7) is 4.67. The number of rotatable bonds is 51. The minimum atomic E-state index is -1.12. The molecule has 0 aliphatic rings. The molecule has 2 unspecified atom stereocenters. The second kappa shape index (κ2) is 49.0. The number of ether oxygens (including phenoxy) is 3. The summed E-state index contributed by atoms with van der Waals surface area (Å²) in [7, 11) is 5.42. The van der Waals surface area contributed by atoms with E-state index in [0.717, 1.165) is 38.5 Å². The van der Waals surface area contributed by atoms with Gasteiger partial charge in [-0.3, -0.25) is 9.59 Å². The number of likely N-dealkylation sites (N-methyl/N-ethyl adjacent to an activating group) is 1. The zero-order valence-corrected chi connectivity index (χ0v) is 44.1. The number of carbonyl (C=O) groups is 3. The Balaban J connectivity index is 4.18. The van der Waals surface area contributed by atoms with Crippen LogP contribution < -0.4 is 5.11 Å². The Morgan fingerprint density at radius 2 is 0.803 bits per heavy atom. The summed E-state index contributed by atoms with van der Waals surface area (Å²) < 4.78 is 17.3. The molecule has 0 aliphatic carbocycles. The molecular weight excluding hydrogens is 823 g/mol. The first kappa shape index (κ1) is 63.5. The number of unbranched alkanes of at least 4 members (excludes halogenated alkanes) is 32. The van der Waals surface area contributed by atoms with Crippen molar-refractivity contribution in [2.45, 2.75) is 276 Å². The highest BCUT2D eigenvalue weighted by Crippen LogP contribution is 2.16. The van der Waals surface area contributed by atoms with Crippen LogP contribution in [-0.4, -0.2) is 75.5 Å². The van der Waals surface area contributed by atoms with Gasteiger partial charge >= 0.3 is 11.9 Å². The number of nitrogens with zero attached hydrogens (tertiary/aromatic N) is 1. The molecule has 2 atom stereocenters. The fourth-order valence-electron chi connectivity index (χ4n) is 8.41. The average molecular weight is 930 g/mol. The van der Waals surface area contributed by atoms with Crippen LogP contribution in [0.5, 0.6) is 0 Å². The first-order valence-corrected chi connectivity index (χ1v) is 28.0. The van der Waals surface area contributed by atoms with Gasteiger partial charge in [0, 0.05) is 19.3 Å². The summed E-state index contributed by atoms with van der Waals surface area (Å²) in [6.07, 6.45) is 58.9. The van der Waals surface area contributed by atoms with Gasteiger partial charge in [0.15, 0.2) is 6.10 Å². The van der Waals surface area contributed by atoms with Crippen LogP contribution in [0.15, 0.2) is 36.5 Å². The SMILES string of the molecule is CCCCC/C=C/C=C/CCCCCCCCCCCCC(=O)OCC(COCCC(C(=O)[O-])[N+](C)(C)C)OC(=O)CCCCCCCCC/C=C/CCCCCCCCCCCCCC. The minimum absolute atomic E-state index is 0.0401. The number of hydrogen-bond acceptors (Lipinski definition) is 7. The topological polar surface area (TPSA) is 102 Å². The molecule has 0 heterocycles. The molecule has 0 amide bonds. The standard InChI is InChI=1S/C58H107NO7/c1-6-8-10-12-14-16-18-20-22-24-26-27-28-29-31-33-35-37-39-41-43-45-47-49-57(61)66-54(52-64-51-50-55(58(62)63)59(3,4)5)53-65-56(60)48-46-44-42-40-38-36-34-32-30-25-23-21-19-17-15-13-11-9-7-2/h15,17,19,21,29,31,54-55H,6-14,16,18,20,22-28,30,32-53H2,1-5H3/b17-15+,21-19+,31-29+. The summed E-state index contributed by atoms with van der Waals surface area (Å²) in [5.41, 5.74) is 0. The van der Waals surface area contributed by atoms with E-state index in [1.807, 2.05) is 21.1 Å². The van der Waals surface area contributed by atoms with Gasteiger partial charge in [0.25, 0.3) is 0 Å². The van der Waals surface area contributed by atoms with Crippen LogP contribution >= 0.6 is 0 Å². The van der Waals surface area contributed by atoms with E-state index in [9.17, 15) is 19.5 Å². The molecule has 0 saturated heterocycles. The Morgan fingerprint density at radius 1 is 0.455 bits per heavy atom. The third kappa shape index (κ3) is 46.7. The minimum Gasteiger partial charge on any atom is -0.544 e. The fourth-order valence-corrected chi connectivity index (χ4v) is 8.41. The molecule has 0 rings (SSSR count). The third-order valence-corrected chi connectivity index (χ3v) is 12.8. The molecule has 0 aromatic carbocycles. The molecule has 0 aromatic heterocycles. The highest BCUT2D eigenvalue weighted by atomic mass is 16.6. The van der Waals surface area contributed by atoms with E-state index < -0.39 is 18.1 Å². The Morgan fingerprint density at radius 3 is 1.21 bits per heavy atom. The summed E-state index contributed by atoms with van der Waals surface area (Å²) in [6, 6.07) is -0.727. The van der Waals surface area contributed by atoms with Crippen LogP contribution in [0, 0.1) is 0 Å². The summed E-state index contributed by atoms with van der Waals surface area (Å²) >= 11 is 0. The van der Waals surface area contributed by atoms with Gasteiger partial charge in [-0.2, -0.15) is 0 Å². The maximum atomic E-state index is 12.8. The Bertz CT molecular complexity index is 1170. The summed E-state index contributed by atoms with van der Waals surface area (Å²) in [5, 5.41) is 11.7. The highest BCUT2D eigenvalue weighted by Gasteiger charge is 2.25. The van der Waals surface area contributed by atoms with E-state index in [1.54, 1.807) is 0 Å². The van der Waals surface area contributed by atoms with Crippen molar-refractivity contribution in [1.29, 1.82) is 0 Å². The monoisotopic (exact) mass is 930 g/mol. The van der Waals surface area contributed by atoms with Gasteiger partial charge in [-0.15, -0.1) is 0 Å². The lowest BCUT2D eigenvalue weighted by Gasteiger charge is -2.34. The summed E-state index contributed by atoms with van der Waals surface area (Å²) in [4.78, 5) is 37.1. The van der Waals surface area contributed by atoms with E-state index >= 15 is 0 Å². The van der Waals surface area contributed by atoms with E-state index in [1.165, 1.54) is 193 Å². The predicted octanol–water partition coefficient (Wildman–Crippen LogP) is 15.2. The van der Waals surface area contributed by atoms with Crippen LogP contribution in [0.25, 0.3) is 0 Å². The molecule has 386 valence electrons. The number of allylic oxidation sites excluding steroid dienone is 6. The van der Waals surface area contributed by atoms with E-state index in [4.69, 9.17) is 14.2 Å². The van der Waals surface area contributed by atoms with Crippen LogP contribution in [-0.2, 0) is 28.6 Å². The van der Waals surface area contributed by atoms with Gasteiger partial charge in [0.2, 0.25) is 0 Å². The van der Waals surface area contributed by atoms with Gasteiger partial charge in [-0.1, -0.05) is 217 Å². The molecular formula is C58H107NO7. The van der Waals surface area contributed by atoms with Crippen molar-refractivity contribution >= 4 is 17.9 Å². The molecule has 0 radical (unpaired) electrons. The highest BCUT2D eigenvalue weighted by molar-refractivity contribution is 5.70. The maximum Gasteiger partial charge on any atom is 0.306 e. The third-order valence-electron chi connectivity index (χ3n) is 12.8. The normalized spacial score (nSPS) is 13.0. The van der Waals surface area contributed by atoms with Crippen molar-refractivity contribution in [3.63, 3.8) is 0 Å². The Hall–Kier alpha value is -2.45. The fraction of sp³-hybridized carbons (Fsp3) is 0.845. The maximum absolute atomic E-state index is 12.8. The van der Waals surface area contributed by atoms with E-state index in [2.05, 4.69) is 50.3 Å². The molecule has 8 nitrogen and oxygen atoms in total. The van der Waals surface area contributed by atoms with Crippen molar-refractivity contribution in [2.24, 2.45) is 0 Å². The largest absolute Gasteiger partial charge is 0.544 e. The summed E-state index contributed by atoms with van der Waals surface area (Å²) in [5.74, 6) is -1.73. The number of carbonyl (C=O) groups excluding carboxylic acids is 3. The number of esters is 2. The molecule has 0 fully saturated rings. The van der Waals surface area contributed by atoms with Crippen LogP contribution in [0.2, 0.25) is 0 Å². The van der Waals surface area contributed by atoms with Crippen molar-refractivity contribution in [1.82, 2.24) is 0 Å². The molecule has 0 aliphatic heterocycles. The van der Waals surface area contributed by atoms with Gasteiger partial charge in [0.05, 0.1) is 40.3 Å². The molecule has 8 heteroatoms. The lowest BCUT2D eigenvalue weighted by atomic mass is 10.0. The molecule has 0 bridgehead atoms. The van der Waals surface area contributed by atoms with E-state index in [-0.39, 0.29) is 42.7 Å². The van der Waals surface area contributed by atoms with Crippen molar-refractivity contribution < 1.29 is 38.2 Å². The molecule has 0 spiro atoms. The second-order valence-corrected chi connectivity index (χ2v) is 20.2. The van der Waals surface area contributed by atoms with Crippen molar-refractivity contribution in [3.05, 3.63) is 36.5 Å². The smallest absolute Gasteiger partial charge is 0.306 e. The Kier molecular flexibility index (Phi) is 47.2. The number of carboxylic acids is 1. The van der Waals surface area contributed by atoms with Crippen molar-refractivity contribution in [2.75, 3.05) is 41.0 Å². The first-order chi connectivity index (χ1) is 32.1. The van der Waals surface area contributed by atoms with Gasteiger partial charge in [-0.25, -0.2) is 0 Å². The number of aliphatic carboxylic acids is 1. The molecule has 0 saturated carbocycles. The lowest BCUT2D eigenvalue weighted by molar-refractivity contribution is -0.889. The first-order valence-electron chi connectivity index (χ1n) is 28.0. The van der Waals surface area contributed by atoms with Gasteiger partial charge < -0.3 is 28.6 Å². The number of carboxylic acid groups (broad SMARTS) is 1. The lowest BCUT2D eigenvalue weighted by Crippen LogP contribution is -2.55. The van der Waals surface area contributed by atoms with Crippen LogP contribution in [0.1, 0.15) is 264 Å². The quantitative estimate of drug-likeness (QED) is 0.0197. The zero-order chi connectivity index (χ0) is 48.4.